The van der Waals surface area contributed by atoms with Crippen LogP contribution >= 0.6 is 11.1 Å². The van der Waals surface area contributed by atoms with Crippen LogP contribution in [0.2, 0.25) is 12.6 Å². The van der Waals surface area contributed by atoms with E-state index in [-0.39, 0.29) is 0 Å². The maximum absolute atomic E-state index is 5.88. The Bertz CT molecular complexity index is 89.3. The van der Waals surface area contributed by atoms with Crippen LogP contribution in [-0.2, 0) is 0 Å². The number of rotatable bonds is 5. The van der Waals surface area contributed by atoms with Gasteiger partial charge in [0.05, 0.1) is 0 Å². The molecule has 2 heteroatoms. The highest BCUT2D eigenvalue weighted by Crippen LogP contribution is 2.00. The predicted octanol–water partition coefficient (Wildman–Crippen LogP) is 3.33. The summed E-state index contributed by atoms with van der Waals surface area (Å²) in [6, 6.07) is 1.14. The number of hydrogen-bond donors (Lipinski definition) is 0. The minimum absolute atomic E-state index is 0.837. The summed E-state index contributed by atoms with van der Waals surface area (Å²) in [5.41, 5.74) is 0. The fourth-order valence-electron chi connectivity index (χ4n) is 0.724. The van der Waals surface area contributed by atoms with Crippen LogP contribution in [0.1, 0.15) is 26.2 Å². The summed E-state index contributed by atoms with van der Waals surface area (Å²) in [7, 11) is -0.837. The molecule has 0 amide bonds. The van der Waals surface area contributed by atoms with Crippen LogP contribution in [0, 0.1) is 0 Å². The van der Waals surface area contributed by atoms with Crippen molar-refractivity contribution >= 4 is 19.2 Å². The van der Waals surface area contributed by atoms with Gasteiger partial charge in [0.25, 0.3) is 0 Å². The maximum Gasteiger partial charge on any atom is 0.141 e. The molecule has 10 heavy (non-hydrogen) atoms. The van der Waals surface area contributed by atoms with Crippen molar-refractivity contribution in [2.75, 3.05) is 0 Å². The van der Waals surface area contributed by atoms with Gasteiger partial charge in [-0.25, -0.2) is 0 Å². The van der Waals surface area contributed by atoms with Gasteiger partial charge < -0.3 is 0 Å². The number of halogens is 1. The fourth-order valence-corrected chi connectivity index (χ4v) is 1.60. The Morgan fingerprint density at radius 2 is 2.10 bits per heavy atom. The molecule has 0 aliphatic heterocycles. The summed E-state index contributed by atoms with van der Waals surface area (Å²) in [4.78, 5) is 0. The topological polar surface area (TPSA) is 0 Å². The molecule has 0 N–H and O–H groups in total. The van der Waals surface area contributed by atoms with E-state index in [0.29, 0.717) is 0 Å². The zero-order valence-electron chi connectivity index (χ0n) is 6.94. The van der Waals surface area contributed by atoms with Crippen molar-refractivity contribution in [3.05, 3.63) is 12.2 Å². The van der Waals surface area contributed by atoms with Gasteiger partial charge in [0, 0.05) is 0 Å². The Balaban J connectivity index is 3.04. The third-order valence-electron chi connectivity index (χ3n) is 1.35. The van der Waals surface area contributed by atoms with E-state index in [1.807, 2.05) is 0 Å². The molecule has 0 spiro atoms. The lowest BCUT2D eigenvalue weighted by atomic mass is 10.2. The zero-order chi connectivity index (χ0) is 7.82. The van der Waals surface area contributed by atoms with E-state index in [9.17, 15) is 0 Å². The van der Waals surface area contributed by atoms with Gasteiger partial charge in [-0.2, -0.15) is 11.1 Å². The molecule has 0 saturated carbocycles. The van der Waals surface area contributed by atoms with E-state index in [1.165, 1.54) is 19.3 Å². The van der Waals surface area contributed by atoms with E-state index < -0.39 is 8.11 Å². The summed E-state index contributed by atoms with van der Waals surface area (Å²) in [5, 5.41) is 0. The van der Waals surface area contributed by atoms with Gasteiger partial charge in [-0.15, -0.1) is 0 Å². The van der Waals surface area contributed by atoms with Gasteiger partial charge in [0.15, 0.2) is 0 Å². The average Bonchev–Trinajstić information content (AvgIpc) is 1.87. The van der Waals surface area contributed by atoms with Gasteiger partial charge in [0.1, 0.15) is 8.11 Å². The van der Waals surface area contributed by atoms with Gasteiger partial charge in [-0.3, -0.25) is 0 Å². The first-order valence-electron chi connectivity index (χ1n) is 4.06. The van der Waals surface area contributed by atoms with E-state index in [0.717, 1.165) is 6.04 Å². The second-order valence-electron chi connectivity index (χ2n) is 2.63. The van der Waals surface area contributed by atoms with Crippen molar-refractivity contribution in [1.82, 2.24) is 0 Å². The smallest absolute Gasteiger partial charge is 0.141 e. The summed E-state index contributed by atoms with van der Waals surface area (Å²) in [6.45, 7) is 4.37. The molecule has 0 aliphatic carbocycles. The Morgan fingerprint density at radius 3 is 2.60 bits per heavy atom. The predicted molar refractivity (Wildman–Crippen MR) is 52.3 cm³/mol. The molecule has 0 aromatic heterocycles. The molecule has 1 unspecified atom stereocenters. The second-order valence-corrected chi connectivity index (χ2v) is 6.90. The highest BCUT2D eigenvalue weighted by atomic mass is 35.6. The third-order valence-corrected chi connectivity index (χ3v) is 2.81. The lowest BCUT2D eigenvalue weighted by molar-refractivity contribution is 0.814. The quantitative estimate of drug-likeness (QED) is 0.261. The zero-order valence-corrected chi connectivity index (χ0v) is 8.85. The molecule has 0 radical (unpaired) electrons. The monoisotopic (exact) mass is 176 g/mol. The molecule has 0 rings (SSSR count). The Morgan fingerprint density at radius 1 is 1.40 bits per heavy atom. The molecule has 0 heterocycles. The third kappa shape index (κ3) is 8.25. The van der Waals surface area contributed by atoms with E-state index >= 15 is 0 Å². The molecule has 1 atom stereocenters. The normalized spacial score (nSPS) is 14.3. The van der Waals surface area contributed by atoms with E-state index in [4.69, 9.17) is 11.1 Å². The van der Waals surface area contributed by atoms with Crippen LogP contribution in [-0.4, -0.2) is 8.11 Å². The lowest BCUT2D eigenvalue weighted by Crippen LogP contribution is -1.90. The first-order chi connectivity index (χ1) is 4.77. The highest BCUT2D eigenvalue weighted by molar-refractivity contribution is 7.06. The van der Waals surface area contributed by atoms with Crippen molar-refractivity contribution < 1.29 is 0 Å². The van der Waals surface area contributed by atoms with Crippen LogP contribution < -0.4 is 0 Å². The summed E-state index contributed by atoms with van der Waals surface area (Å²) >= 11 is 5.88. The van der Waals surface area contributed by atoms with Crippen molar-refractivity contribution in [3.63, 3.8) is 0 Å². The second kappa shape index (κ2) is 7.36. The first-order valence-corrected chi connectivity index (χ1v) is 7.78. The van der Waals surface area contributed by atoms with Crippen LogP contribution in [0.25, 0.3) is 0 Å². The molecule has 0 bridgehead atoms. The highest BCUT2D eigenvalue weighted by Gasteiger charge is 1.91. The Kier molecular flexibility index (Phi) is 7.54. The molecule has 0 fully saturated rings. The van der Waals surface area contributed by atoms with Gasteiger partial charge in [-0.05, 0) is 12.5 Å². The molecule has 0 aromatic carbocycles. The minimum atomic E-state index is -0.837. The van der Waals surface area contributed by atoms with E-state index in [1.54, 1.807) is 0 Å². The molecular weight excluding hydrogens is 160 g/mol. The Labute approximate surface area is 70.6 Å². The largest absolute Gasteiger partial charge is 0.172 e. The molecule has 0 nitrogen and oxygen atoms in total. The summed E-state index contributed by atoms with van der Waals surface area (Å²) < 4.78 is 0. The average molecular weight is 177 g/mol. The molecule has 0 aromatic rings. The van der Waals surface area contributed by atoms with Crippen LogP contribution in [0.3, 0.4) is 0 Å². The van der Waals surface area contributed by atoms with Crippen molar-refractivity contribution in [3.8, 4) is 0 Å². The van der Waals surface area contributed by atoms with Crippen molar-refractivity contribution in [2.45, 2.75) is 38.8 Å². The van der Waals surface area contributed by atoms with Gasteiger partial charge in [0.2, 0.25) is 0 Å². The Hall–Kier alpha value is 0.247. The molecular formula is C8H17ClSi. The SMILES string of the molecule is CCCCC=CC[SiH](C)Cl. The standard InChI is InChI=1S/C8H17ClSi/c1-3-4-5-6-7-8-10(2)9/h6-7,10H,3-5,8H2,1-2H3. The summed E-state index contributed by atoms with van der Waals surface area (Å²) in [5.74, 6) is 0. The number of hydrogen-bond acceptors (Lipinski definition) is 0. The molecule has 0 aliphatic rings. The number of allylic oxidation sites excluding steroid dienone is 2. The van der Waals surface area contributed by atoms with Crippen LogP contribution in [0.4, 0.5) is 0 Å². The van der Waals surface area contributed by atoms with Gasteiger partial charge in [-0.1, -0.05) is 38.5 Å². The minimum Gasteiger partial charge on any atom is -0.172 e. The fraction of sp³-hybridized carbons (Fsp3) is 0.750. The van der Waals surface area contributed by atoms with Crippen LogP contribution in [0.15, 0.2) is 12.2 Å². The van der Waals surface area contributed by atoms with Crippen molar-refractivity contribution in [1.29, 1.82) is 0 Å². The summed E-state index contributed by atoms with van der Waals surface area (Å²) in [6.07, 6.45) is 8.33. The maximum atomic E-state index is 5.88. The van der Waals surface area contributed by atoms with E-state index in [2.05, 4.69) is 25.6 Å². The molecule has 0 saturated heterocycles. The number of unbranched alkanes of at least 4 members (excludes halogenated alkanes) is 2. The lowest BCUT2D eigenvalue weighted by Gasteiger charge is -1.91. The van der Waals surface area contributed by atoms with Gasteiger partial charge >= 0.3 is 0 Å². The van der Waals surface area contributed by atoms with Crippen LogP contribution in [0.5, 0.6) is 0 Å². The molecule has 60 valence electrons. The first kappa shape index (κ1) is 10.2. The van der Waals surface area contributed by atoms with Crippen molar-refractivity contribution in [2.24, 2.45) is 0 Å².